The second-order valence-corrected chi connectivity index (χ2v) is 6.18. The topological polar surface area (TPSA) is 133 Å². The minimum absolute atomic E-state index is 0.201. The third-order valence-corrected chi connectivity index (χ3v) is 3.94. The molecule has 0 aliphatic rings. The number of hydrogen-bond donors (Lipinski definition) is 3. The second kappa shape index (κ2) is 8.34. The summed E-state index contributed by atoms with van der Waals surface area (Å²) >= 11 is 0. The fourth-order valence-electron chi connectivity index (χ4n) is 2.40. The van der Waals surface area contributed by atoms with Crippen molar-refractivity contribution in [3.63, 3.8) is 0 Å². The van der Waals surface area contributed by atoms with E-state index >= 15 is 0 Å². The van der Waals surface area contributed by atoms with Crippen LogP contribution in [0.25, 0.3) is 11.3 Å². The molecule has 8 nitrogen and oxygen atoms in total. The summed E-state index contributed by atoms with van der Waals surface area (Å²) in [5, 5.41) is 2.81. The number of ether oxygens (including phenoxy) is 1. The third-order valence-electron chi connectivity index (χ3n) is 3.94. The molecule has 2 amide bonds. The molecule has 29 heavy (non-hydrogen) atoms. The number of aromatic nitrogens is 2. The van der Waals surface area contributed by atoms with Crippen LogP contribution in [-0.2, 0) is 4.79 Å². The Morgan fingerprint density at radius 1 is 1.00 bits per heavy atom. The first-order valence-electron chi connectivity index (χ1n) is 8.60. The average molecular weight is 395 g/mol. The fourth-order valence-corrected chi connectivity index (χ4v) is 2.40. The van der Waals surface area contributed by atoms with Gasteiger partial charge in [0, 0.05) is 11.6 Å². The highest BCUT2D eigenvalue weighted by Gasteiger charge is 2.14. The molecule has 0 aliphatic carbocycles. The molecule has 2 aromatic carbocycles. The molecule has 9 heteroatoms. The molecule has 0 spiro atoms. The van der Waals surface area contributed by atoms with Gasteiger partial charge in [-0.2, -0.15) is 0 Å². The minimum Gasteiger partial charge on any atom is -0.457 e. The summed E-state index contributed by atoms with van der Waals surface area (Å²) in [4.78, 5) is 31.0. The first kappa shape index (κ1) is 19.7. The zero-order chi connectivity index (χ0) is 21.0. The van der Waals surface area contributed by atoms with E-state index in [-0.39, 0.29) is 17.5 Å². The van der Waals surface area contributed by atoms with Crippen LogP contribution in [0.15, 0.2) is 54.6 Å². The molecule has 0 radical (unpaired) electrons. The van der Waals surface area contributed by atoms with E-state index in [1.807, 2.05) is 0 Å². The van der Waals surface area contributed by atoms with Gasteiger partial charge in [0.1, 0.15) is 29.2 Å². The largest absolute Gasteiger partial charge is 0.457 e. The number of carbonyl (C=O) groups is 2. The first-order valence-corrected chi connectivity index (χ1v) is 8.60. The summed E-state index contributed by atoms with van der Waals surface area (Å²) in [6.07, 6.45) is 0. The first-order chi connectivity index (χ1) is 13.8. The molecule has 1 heterocycles. The lowest BCUT2D eigenvalue weighted by atomic mass is 10.1. The van der Waals surface area contributed by atoms with Gasteiger partial charge in [-0.25, -0.2) is 14.4 Å². The lowest BCUT2D eigenvalue weighted by Crippen LogP contribution is -2.33. The number of nitrogens with one attached hydrogen (secondary N) is 1. The standard InChI is InChI=1S/C20H18FN5O3/c1-11(18(22)27)24-17-10-16(25-20(26-17)19(23)28)12-2-6-14(7-3-12)29-15-8-4-13(21)5-9-15/h2-11H,1H3,(H2,22,27)(H2,23,28)(H,24,25,26)/t11-/m0/s1. The Hall–Kier alpha value is -4.01. The number of hydrogen-bond acceptors (Lipinski definition) is 6. The smallest absolute Gasteiger partial charge is 0.286 e. The number of benzene rings is 2. The van der Waals surface area contributed by atoms with Crippen molar-refractivity contribution in [1.82, 2.24) is 9.97 Å². The number of primary amides is 2. The molecule has 148 valence electrons. The zero-order valence-electron chi connectivity index (χ0n) is 15.4. The van der Waals surface area contributed by atoms with Crippen molar-refractivity contribution in [2.45, 2.75) is 13.0 Å². The maximum atomic E-state index is 13.0. The van der Waals surface area contributed by atoms with Gasteiger partial charge in [0.2, 0.25) is 11.7 Å². The van der Waals surface area contributed by atoms with Crippen LogP contribution in [0.4, 0.5) is 10.2 Å². The molecule has 3 aromatic rings. The molecule has 1 atom stereocenters. The number of nitrogens with zero attached hydrogens (tertiary/aromatic N) is 2. The predicted molar refractivity (Wildman–Crippen MR) is 105 cm³/mol. The van der Waals surface area contributed by atoms with E-state index in [9.17, 15) is 14.0 Å². The number of rotatable bonds is 7. The van der Waals surface area contributed by atoms with Crippen molar-refractivity contribution in [3.05, 3.63) is 66.2 Å². The lowest BCUT2D eigenvalue weighted by Gasteiger charge is -2.13. The van der Waals surface area contributed by atoms with E-state index in [0.29, 0.717) is 22.8 Å². The zero-order valence-corrected chi connectivity index (χ0v) is 15.4. The molecule has 3 rings (SSSR count). The average Bonchev–Trinajstić information content (AvgIpc) is 2.70. The van der Waals surface area contributed by atoms with Crippen LogP contribution in [0.5, 0.6) is 11.5 Å². The van der Waals surface area contributed by atoms with Gasteiger partial charge in [-0.05, 0) is 55.5 Å². The highest BCUT2D eigenvalue weighted by Crippen LogP contribution is 2.26. The highest BCUT2D eigenvalue weighted by molar-refractivity contribution is 5.90. The Morgan fingerprint density at radius 2 is 1.59 bits per heavy atom. The maximum absolute atomic E-state index is 13.0. The molecular formula is C20H18FN5O3. The number of amides is 2. The second-order valence-electron chi connectivity index (χ2n) is 6.18. The van der Waals surface area contributed by atoms with Gasteiger partial charge in [0.05, 0.1) is 5.69 Å². The van der Waals surface area contributed by atoms with Gasteiger partial charge < -0.3 is 21.5 Å². The van der Waals surface area contributed by atoms with Crippen LogP contribution < -0.4 is 21.5 Å². The number of anilines is 1. The van der Waals surface area contributed by atoms with E-state index in [4.69, 9.17) is 16.2 Å². The van der Waals surface area contributed by atoms with Crippen LogP contribution in [-0.4, -0.2) is 27.8 Å². The lowest BCUT2D eigenvalue weighted by molar-refractivity contribution is -0.118. The van der Waals surface area contributed by atoms with Crippen molar-refractivity contribution < 1.29 is 18.7 Å². The molecule has 1 aromatic heterocycles. The maximum Gasteiger partial charge on any atom is 0.286 e. The fraction of sp³-hybridized carbons (Fsp3) is 0.100. The monoisotopic (exact) mass is 395 g/mol. The number of carbonyl (C=O) groups excluding carboxylic acids is 2. The Balaban J connectivity index is 1.86. The molecule has 0 unspecified atom stereocenters. The van der Waals surface area contributed by atoms with Gasteiger partial charge >= 0.3 is 0 Å². The van der Waals surface area contributed by atoms with Gasteiger partial charge in [0.15, 0.2) is 0 Å². The van der Waals surface area contributed by atoms with E-state index < -0.39 is 17.9 Å². The predicted octanol–water partition coefficient (Wildman–Crippen LogP) is 2.46. The van der Waals surface area contributed by atoms with Crippen LogP contribution in [0, 0.1) is 5.82 Å². The van der Waals surface area contributed by atoms with Gasteiger partial charge in [-0.1, -0.05) is 0 Å². The summed E-state index contributed by atoms with van der Waals surface area (Å²) in [6.45, 7) is 1.57. The minimum atomic E-state index is -0.808. The number of halogens is 1. The van der Waals surface area contributed by atoms with Crippen LogP contribution in [0.2, 0.25) is 0 Å². The van der Waals surface area contributed by atoms with E-state index in [1.165, 1.54) is 24.3 Å². The normalized spacial score (nSPS) is 11.5. The van der Waals surface area contributed by atoms with Gasteiger partial charge in [-0.15, -0.1) is 0 Å². The quantitative estimate of drug-likeness (QED) is 0.563. The summed E-state index contributed by atoms with van der Waals surface area (Å²) in [6, 6.07) is 13.4. The Labute approximate surface area is 165 Å². The van der Waals surface area contributed by atoms with Gasteiger partial charge in [0.25, 0.3) is 5.91 Å². The number of nitrogens with two attached hydrogens (primary N) is 2. The molecule has 0 saturated carbocycles. The molecule has 0 bridgehead atoms. The Bertz CT molecular complexity index is 1040. The third kappa shape index (κ3) is 5.04. The highest BCUT2D eigenvalue weighted by atomic mass is 19.1. The summed E-state index contributed by atoms with van der Waals surface area (Å²) in [7, 11) is 0. The van der Waals surface area contributed by atoms with Crippen molar-refractivity contribution in [2.75, 3.05) is 5.32 Å². The molecule has 0 aliphatic heterocycles. The summed E-state index contributed by atoms with van der Waals surface area (Å²) in [5.41, 5.74) is 11.6. The van der Waals surface area contributed by atoms with Crippen molar-refractivity contribution in [2.24, 2.45) is 11.5 Å². The van der Waals surface area contributed by atoms with Crippen molar-refractivity contribution >= 4 is 17.6 Å². The summed E-state index contributed by atoms with van der Waals surface area (Å²) < 4.78 is 18.6. The van der Waals surface area contributed by atoms with Crippen molar-refractivity contribution in [1.29, 1.82) is 0 Å². The van der Waals surface area contributed by atoms with Crippen LogP contribution in [0.1, 0.15) is 17.5 Å². The molecule has 0 saturated heterocycles. The Kier molecular flexibility index (Phi) is 5.68. The molecule has 5 N–H and O–H groups in total. The van der Waals surface area contributed by atoms with Gasteiger partial charge in [-0.3, -0.25) is 9.59 Å². The van der Waals surface area contributed by atoms with Crippen LogP contribution >= 0.6 is 0 Å². The molecular weight excluding hydrogens is 377 g/mol. The van der Waals surface area contributed by atoms with Crippen molar-refractivity contribution in [3.8, 4) is 22.8 Å². The van der Waals surface area contributed by atoms with E-state index in [2.05, 4.69) is 15.3 Å². The van der Waals surface area contributed by atoms with Crippen LogP contribution in [0.3, 0.4) is 0 Å². The molecule has 0 fully saturated rings. The Morgan fingerprint density at radius 3 is 2.14 bits per heavy atom. The van der Waals surface area contributed by atoms with E-state index in [0.717, 1.165) is 0 Å². The van der Waals surface area contributed by atoms with E-state index in [1.54, 1.807) is 37.3 Å². The SMILES string of the molecule is C[C@H](Nc1cc(-c2ccc(Oc3ccc(F)cc3)cc2)nc(C(N)=O)n1)C(N)=O. The summed E-state index contributed by atoms with van der Waals surface area (Å²) in [5.74, 6) is -0.674.